The number of piperazine rings is 1. The summed E-state index contributed by atoms with van der Waals surface area (Å²) in [6.45, 7) is 4.02. The summed E-state index contributed by atoms with van der Waals surface area (Å²) in [4.78, 5) is 20.5. The highest BCUT2D eigenvalue weighted by atomic mass is 79.9. The standard InChI is InChI=1S/C12H16BrN3O/c1-15-5-7-16(8-6-15)12-4-2-3-10(14-12)11(17)9-13/h2-4H,5-9H2,1H3. The second-order valence-electron chi connectivity index (χ2n) is 4.23. The van der Waals surface area contributed by atoms with Crippen molar-refractivity contribution in [1.82, 2.24) is 9.88 Å². The number of hydrogen-bond donors (Lipinski definition) is 0. The summed E-state index contributed by atoms with van der Waals surface area (Å²) in [5, 5.41) is 0.326. The molecule has 17 heavy (non-hydrogen) atoms. The van der Waals surface area contributed by atoms with E-state index in [-0.39, 0.29) is 5.78 Å². The predicted octanol–water partition coefficient (Wildman–Crippen LogP) is 1.41. The molecule has 0 radical (unpaired) electrons. The molecule has 0 aliphatic carbocycles. The average molecular weight is 298 g/mol. The molecule has 0 unspecified atom stereocenters. The van der Waals surface area contributed by atoms with Crippen LogP contribution in [0.5, 0.6) is 0 Å². The van der Waals surface area contributed by atoms with Crippen LogP contribution in [0.2, 0.25) is 0 Å². The SMILES string of the molecule is CN1CCN(c2cccc(C(=O)CBr)n2)CC1. The second-order valence-corrected chi connectivity index (χ2v) is 4.79. The fraction of sp³-hybridized carbons (Fsp3) is 0.500. The van der Waals surface area contributed by atoms with Gasteiger partial charge in [0.05, 0.1) is 5.33 Å². The van der Waals surface area contributed by atoms with E-state index in [2.05, 4.69) is 37.8 Å². The molecule has 0 spiro atoms. The minimum absolute atomic E-state index is 0.0287. The van der Waals surface area contributed by atoms with Gasteiger partial charge in [-0.1, -0.05) is 22.0 Å². The Bertz CT molecular complexity index is 402. The van der Waals surface area contributed by atoms with Gasteiger partial charge < -0.3 is 9.80 Å². The Morgan fingerprint density at radius 3 is 2.71 bits per heavy atom. The van der Waals surface area contributed by atoms with E-state index in [0.717, 1.165) is 32.0 Å². The molecule has 1 aliphatic heterocycles. The zero-order valence-electron chi connectivity index (χ0n) is 9.90. The lowest BCUT2D eigenvalue weighted by atomic mass is 10.2. The van der Waals surface area contributed by atoms with Gasteiger partial charge in [0.2, 0.25) is 0 Å². The molecular weight excluding hydrogens is 282 g/mol. The predicted molar refractivity (Wildman–Crippen MR) is 72.1 cm³/mol. The number of hydrogen-bond acceptors (Lipinski definition) is 4. The highest BCUT2D eigenvalue weighted by molar-refractivity contribution is 9.09. The van der Waals surface area contributed by atoms with Crippen LogP contribution in [0.1, 0.15) is 10.5 Å². The summed E-state index contributed by atoms with van der Waals surface area (Å²) in [7, 11) is 2.12. The molecule has 0 saturated carbocycles. The number of likely N-dealkylation sites (N-methyl/N-ethyl adjacent to an activating group) is 1. The quantitative estimate of drug-likeness (QED) is 0.624. The Hall–Kier alpha value is -0.940. The van der Waals surface area contributed by atoms with Gasteiger partial charge in [0, 0.05) is 26.2 Å². The number of rotatable bonds is 3. The maximum atomic E-state index is 11.6. The third-order valence-electron chi connectivity index (χ3n) is 2.97. The summed E-state index contributed by atoms with van der Waals surface area (Å²) < 4.78 is 0. The molecule has 1 saturated heterocycles. The lowest BCUT2D eigenvalue weighted by Crippen LogP contribution is -2.44. The van der Waals surface area contributed by atoms with Gasteiger partial charge in [-0.3, -0.25) is 4.79 Å². The minimum Gasteiger partial charge on any atom is -0.354 e. The Morgan fingerprint density at radius 1 is 1.35 bits per heavy atom. The molecule has 1 fully saturated rings. The van der Waals surface area contributed by atoms with Gasteiger partial charge in [-0.15, -0.1) is 0 Å². The first kappa shape index (κ1) is 12.5. The molecule has 0 aromatic carbocycles. The molecule has 0 atom stereocenters. The van der Waals surface area contributed by atoms with Crippen LogP contribution < -0.4 is 4.90 Å². The van der Waals surface area contributed by atoms with Crippen molar-refractivity contribution in [3.05, 3.63) is 23.9 Å². The van der Waals surface area contributed by atoms with Crippen molar-refractivity contribution in [2.24, 2.45) is 0 Å². The van der Waals surface area contributed by atoms with E-state index in [1.54, 1.807) is 6.07 Å². The summed E-state index contributed by atoms with van der Waals surface area (Å²) in [5.41, 5.74) is 0.540. The smallest absolute Gasteiger partial charge is 0.191 e. The molecule has 0 bridgehead atoms. The van der Waals surface area contributed by atoms with Gasteiger partial charge in [-0.05, 0) is 19.2 Å². The fourth-order valence-electron chi connectivity index (χ4n) is 1.86. The number of aromatic nitrogens is 1. The van der Waals surface area contributed by atoms with Crippen molar-refractivity contribution in [3.8, 4) is 0 Å². The molecule has 1 aromatic rings. The maximum Gasteiger partial charge on any atom is 0.191 e. The number of carbonyl (C=O) groups is 1. The third kappa shape index (κ3) is 3.04. The van der Waals surface area contributed by atoms with Crippen LogP contribution >= 0.6 is 15.9 Å². The van der Waals surface area contributed by atoms with Crippen LogP contribution in [0.3, 0.4) is 0 Å². The molecule has 5 heteroatoms. The van der Waals surface area contributed by atoms with Gasteiger partial charge in [-0.2, -0.15) is 0 Å². The van der Waals surface area contributed by atoms with Gasteiger partial charge in [0.1, 0.15) is 11.5 Å². The summed E-state index contributed by atoms with van der Waals surface area (Å²) in [5.74, 6) is 0.936. The Labute approximate surface area is 110 Å². The largest absolute Gasteiger partial charge is 0.354 e. The number of halogens is 1. The molecule has 0 N–H and O–H groups in total. The van der Waals surface area contributed by atoms with Crippen molar-refractivity contribution in [1.29, 1.82) is 0 Å². The van der Waals surface area contributed by atoms with Crippen molar-refractivity contribution < 1.29 is 4.79 Å². The van der Waals surface area contributed by atoms with Crippen LogP contribution in [0.25, 0.3) is 0 Å². The fourth-order valence-corrected chi connectivity index (χ4v) is 2.15. The van der Waals surface area contributed by atoms with E-state index in [4.69, 9.17) is 0 Å². The molecule has 2 heterocycles. The molecule has 2 rings (SSSR count). The average Bonchev–Trinajstić information content (AvgIpc) is 2.39. The summed E-state index contributed by atoms with van der Waals surface area (Å²) in [6, 6.07) is 5.63. The first-order chi connectivity index (χ1) is 8.20. The van der Waals surface area contributed by atoms with Gasteiger partial charge in [0.15, 0.2) is 5.78 Å². The Morgan fingerprint density at radius 2 is 2.06 bits per heavy atom. The number of pyridine rings is 1. The van der Waals surface area contributed by atoms with E-state index in [1.165, 1.54) is 0 Å². The number of ketones is 1. The van der Waals surface area contributed by atoms with Crippen LogP contribution in [-0.4, -0.2) is 54.2 Å². The number of nitrogens with zero attached hydrogens (tertiary/aromatic N) is 3. The van der Waals surface area contributed by atoms with E-state index < -0.39 is 0 Å². The van der Waals surface area contributed by atoms with E-state index >= 15 is 0 Å². The molecule has 1 aromatic heterocycles. The van der Waals surface area contributed by atoms with Crippen molar-refractivity contribution >= 4 is 27.5 Å². The van der Waals surface area contributed by atoms with Gasteiger partial charge in [0.25, 0.3) is 0 Å². The van der Waals surface area contributed by atoms with E-state index in [1.807, 2.05) is 12.1 Å². The lowest BCUT2D eigenvalue weighted by Gasteiger charge is -2.33. The molecule has 1 aliphatic rings. The molecule has 4 nitrogen and oxygen atoms in total. The molecule has 92 valence electrons. The maximum absolute atomic E-state index is 11.6. The topological polar surface area (TPSA) is 36.4 Å². The number of alkyl halides is 1. The van der Waals surface area contributed by atoms with Gasteiger partial charge >= 0.3 is 0 Å². The zero-order valence-corrected chi connectivity index (χ0v) is 11.5. The molecule has 0 amide bonds. The summed E-state index contributed by atoms with van der Waals surface area (Å²) in [6.07, 6.45) is 0. The highest BCUT2D eigenvalue weighted by Gasteiger charge is 2.16. The van der Waals surface area contributed by atoms with Crippen LogP contribution in [0.4, 0.5) is 5.82 Å². The zero-order chi connectivity index (χ0) is 12.3. The Balaban J connectivity index is 2.13. The van der Waals surface area contributed by atoms with Crippen LogP contribution in [0, 0.1) is 0 Å². The third-order valence-corrected chi connectivity index (χ3v) is 3.48. The lowest BCUT2D eigenvalue weighted by molar-refractivity contribution is 0.101. The van der Waals surface area contributed by atoms with Crippen molar-refractivity contribution in [2.75, 3.05) is 43.5 Å². The van der Waals surface area contributed by atoms with Crippen LogP contribution in [-0.2, 0) is 0 Å². The van der Waals surface area contributed by atoms with Crippen molar-refractivity contribution in [3.63, 3.8) is 0 Å². The minimum atomic E-state index is 0.0287. The second kappa shape index (κ2) is 5.60. The number of Topliss-reactive ketones (excluding diaryl/α,β-unsaturated/α-hetero) is 1. The monoisotopic (exact) mass is 297 g/mol. The van der Waals surface area contributed by atoms with E-state index in [9.17, 15) is 4.79 Å². The van der Waals surface area contributed by atoms with Gasteiger partial charge in [-0.25, -0.2) is 4.98 Å². The number of anilines is 1. The van der Waals surface area contributed by atoms with E-state index in [0.29, 0.717) is 11.0 Å². The first-order valence-electron chi connectivity index (χ1n) is 5.70. The number of carbonyl (C=O) groups excluding carboxylic acids is 1. The Kier molecular flexibility index (Phi) is 4.12. The molecular formula is C12H16BrN3O. The van der Waals surface area contributed by atoms with Crippen LogP contribution in [0.15, 0.2) is 18.2 Å². The van der Waals surface area contributed by atoms with Crippen molar-refractivity contribution in [2.45, 2.75) is 0 Å². The highest BCUT2D eigenvalue weighted by Crippen LogP contribution is 2.14. The first-order valence-corrected chi connectivity index (χ1v) is 6.82. The normalized spacial score (nSPS) is 17.2. The summed E-state index contributed by atoms with van der Waals surface area (Å²) >= 11 is 3.17.